The lowest BCUT2D eigenvalue weighted by Crippen LogP contribution is -2.59. The maximum Gasteiger partial charge on any atom is 0.326 e. The second-order valence-electron chi connectivity index (χ2n) is 19.9. The summed E-state index contributed by atoms with van der Waals surface area (Å²) in [5.41, 5.74) is 7.28. The maximum absolute atomic E-state index is 15.1. The van der Waals surface area contributed by atoms with Crippen molar-refractivity contribution in [3.8, 4) is 11.5 Å². The lowest BCUT2D eigenvalue weighted by atomic mass is 9.99. The molecule has 8 unspecified atom stereocenters. The van der Waals surface area contributed by atoms with Crippen molar-refractivity contribution in [1.82, 2.24) is 52.0 Å². The van der Waals surface area contributed by atoms with E-state index >= 15 is 4.79 Å². The average Bonchev–Trinajstić information content (AvgIpc) is 4.25. The molecule has 4 heterocycles. The molecule has 7 rings (SSSR count). The standard InChI is InChI=1S/C53H66N12O12/c1-28(2)44-50(74)61-38(24-30-13-17-33(67)18-14-30)47(71)59-35(8-5-21-56-53(54)55)46(70)62-39(52(76)77)25-31-27-65(40-9-4-3-7-34(31)40)42(49(73)63-44)26-57-45(69)37(23-29-11-15-32(66)16-12-29)60-48(72)41-10-6-22-64(41)51(75)36-19-20-43(68)58-36/h3-4,7,9,11-18,27-28,35-39,41-42,44,66-67H,5-6,8,10,19-26H2,1-2H3,(H,57,69)(H,58,68)(H,59,71)(H,60,72)(H,61,74)(H,62,70)(H,63,73)(H,76,77)(H4,54,55,56). The third-order valence-corrected chi connectivity index (χ3v) is 14.0. The molecule has 8 atom stereocenters. The monoisotopic (exact) mass is 1060 g/mol. The molecule has 3 aromatic carbocycles. The number of carbonyl (C=O) groups excluding carboxylic acids is 8. The maximum atomic E-state index is 15.1. The number of para-hydroxylation sites is 1. The van der Waals surface area contributed by atoms with Crippen molar-refractivity contribution in [2.45, 2.75) is 120 Å². The fourth-order valence-corrected chi connectivity index (χ4v) is 9.87. The highest BCUT2D eigenvalue weighted by Crippen LogP contribution is 2.28. The van der Waals surface area contributed by atoms with E-state index in [1.165, 1.54) is 52.1 Å². The second-order valence-corrected chi connectivity index (χ2v) is 19.9. The van der Waals surface area contributed by atoms with Crippen molar-refractivity contribution in [3.05, 3.63) is 95.7 Å². The van der Waals surface area contributed by atoms with Gasteiger partial charge in [0.25, 0.3) is 0 Å². The number of likely N-dealkylation sites (tertiary alicyclic amines) is 1. The van der Waals surface area contributed by atoms with Gasteiger partial charge in [-0.05, 0) is 85.0 Å². The van der Waals surface area contributed by atoms with Crippen molar-refractivity contribution in [1.29, 1.82) is 5.41 Å². The zero-order valence-corrected chi connectivity index (χ0v) is 42.7. The van der Waals surface area contributed by atoms with Crippen molar-refractivity contribution in [2.24, 2.45) is 11.7 Å². The number of aromatic hydroxyl groups is 2. The molecule has 24 heteroatoms. The molecule has 2 bridgehead atoms. The number of rotatable bonds is 16. The molecule has 3 aliphatic heterocycles. The number of hydrogen-bond acceptors (Lipinski definition) is 12. The minimum absolute atomic E-state index is 0.0428. The number of benzene rings is 3. The molecule has 4 aromatic rings. The van der Waals surface area contributed by atoms with Gasteiger partial charge in [0, 0.05) is 62.4 Å². The van der Waals surface area contributed by atoms with Crippen molar-refractivity contribution in [2.75, 3.05) is 19.6 Å². The van der Waals surface area contributed by atoms with Gasteiger partial charge in [0.05, 0.1) is 0 Å². The predicted molar refractivity (Wildman–Crippen MR) is 278 cm³/mol. The van der Waals surface area contributed by atoms with Crippen molar-refractivity contribution >= 4 is 70.1 Å². The topological polar surface area (TPSA) is 369 Å². The van der Waals surface area contributed by atoms with E-state index in [0.717, 1.165) is 0 Å². The molecule has 3 aliphatic rings. The summed E-state index contributed by atoms with van der Waals surface area (Å²) >= 11 is 0. The number of phenolic OH excluding ortho intramolecular Hbond substituents is 2. The highest BCUT2D eigenvalue weighted by Gasteiger charge is 2.41. The van der Waals surface area contributed by atoms with Crippen LogP contribution < -0.4 is 48.3 Å². The first-order valence-corrected chi connectivity index (χ1v) is 25.6. The number of aliphatic carboxylic acids is 1. The van der Waals surface area contributed by atoms with Gasteiger partial charge >= 0.3 is 5.97 Å². The fourth-order valence-electron chi connectivity index (χ4n) is 9.87. The zero-order chi connectivity index (χ0) is 55.5. The van der Waals surface area contributed by atoms with Crippen LogP contribution in [0.25, 0.3) is 10.9 Å². The molecule has 0 radical (unpaired) electrons. The zero-order valence-electron chi connectivity index (χ0n) is 42.7. The Hall–Kier alpha value is -8.70. The smallest absolute Gasteiger partial charge is 0.326 e. The summed E-state index contributed by atoms with van der Waals surface area (Å²) in [6, 6.07) is 8.44. The molecule has 2 fully saturated rings. The van der Waals surface area contributed by atoms with E-state index in [2.05, 4.69) is 42.5 Å². The molecule has 410 valence electrons. The number of nitrogens with zero attached hydrogens (tertiary/aromatic N) is 2. The van der Waals surface area contributed by atoms with Gasteiger partial charge in [0.2, 0.25) is 47.3 Å². The van der Waals surface area contributed by atoms with E-state index < -0.39 is 108 Å². The van der Waals surface area contributed by atoms with E-state index in [1.54, 1.807) is 50.2 Å². The van der Waals surface area contributed by atoms with E-state index in [4.69, 9.17) is 11.1 Å². The first-order chi connectivity index (χ1) is 36.8. The highest BCUT2D eigenvalue weighted by molar-refractivity contribution is 5.98. The van der Waals surface area contributed by atoms with Crippen LogP contribution in [0.5, 0.6) is 11.5 Å². The van der Waals surface area contributed by atoms with E-state index in [-0.39, 0.29) is 87.8 Å². The first-order valence-electron chi connectivity index (χ1n) is 25.6. The van der Waals surface area contributed by atoms with Crippen LogP contribution in [0.15, 0.2) is 79.0 Å². The fraction of sp³-hybridized carbons (Fsp3) is 0.434. The summed E-state index contributed by atoms with van der Waals surface area (Å²) in [5.74, 6) is -7.80. The Morgan fingerprint density at radius 2 is 1.44 bits per heavy atom. The number of guanidine groups is 1. The molecule has 0 saturated carbocycles. The Balaban J connectivity index is 1.24. The molecular formula is C53H66N12O12. The molecule has 0 spiro atoms. The summed E-state index contributed by atoms with van der Waals surface area (Å²) < 4.78 is 1.52. The minimum Gasteiger partial charge on any atom is -0.508 e. The predicted octanol–water partition coefficient (Wildman–Crippen LogP) is -0.551. The van der Waals surface area contributed by atoms with Crippen LogP contribution in [0.4, 0.5) is 0 Å². The number of carbonyl (C=O) groups is 9. The average molecular weight is 1060 g/mol. The van der Waals surface area contributed by atoms with Crippen LogP contribution in [0.3, 0.4) is 0 Å². The number of carboxylic acid groups (broad SMARTS) is 1. The lowest BCUT2D eigenvalue weighted by molar-refractivity contribution is -0.142. The molecular weight excluding hydrogens is 997 g/mol. The quantitative estimate of drug-likeness (QED) is 0.0381. The number of nitrogens with two attached hydrogens (primary N) is 1. The van der Waals surface area contributed by atoms with Crippen LogP contribution in [-0.2, 0) is 62.4 Å². The third kappa shape index (κ3) is 14.4. The number of hydrogen-bond donors (Lipinski definition) is 13. The Morgan fingerprint density at radius 3 is 2.09 bits per heavy atom. The molecule has 0 aliphatic carbocycles. The molecule has 2 saturated heterocycles. The van der Waals surface area contributed by atoms with E-state index in [1.807, 2.05) is 0 Å². The van der Waals surface area contributed by atoms with Gasteiger partial charge in [0.1, 0.15) is 59.8 Å². The number of carboxylic acids is 1. The Bertz CT molecular complexity index is 2870. The first kappa shape index (κ1) is 56.0. The van der Waals surface area contributed by atoms with Crippen LogP contribution in [-0.4, -0.2) is 146 Å². The van der Waals surface area contributed by atoms with Gasteiger partial charge < -0.3 is 73.1 Å². The van der Waals surface area contributed by atoms with Crippen molar-refractivity contribution < 1.29 is 58.5 Å². The van der Waals surface area contributed by atoms with Gasteiger partial charge in [-0.25, -0.2) is 4.79 Å². The molecule has 1 aromatic heterocycles. The van der Waals surface area contributed by atoms with Crippen LogP contribution in [0.2, 0.25) is 0 Å². The van der Waals surface area contributed by atoms with Gasteiger partial charge in [-0.15, -0.1) is 0 Å². The Kier molecular flexibility index (Phi) is 18.4. The van der Waals surface area contributed by atoms with Gasteiger partial charge in [0.15, 0.2) is 5.96 Å². The van der Waals surface area contributed by atoms with Crippen molar-refractivity contribution in [3.63, 3.8) is 0 Å². The summed E-state index contributed by atoms with van der Waals surface area (Å²) in [5, 5.41) is 60.4. The SMILES string of the molecule is CC(C)C1NC(=O)C(CNC(=O)C(Cc2ccc(O)cc2)NC(=O)C2CCCN2C(=O)C2CCC(=O)N2)n2cc(c3ccccc32)CC(C(=O)O)NC(=O)C(CCCNC(=N)N)NC(=O)C(Cc2ccc(O)cc2)NC1=O. The normalized spacial score (nSPS) is 22.7. The number of phenols is 2. The summed E-state index contributed by atoms with van der Waals surface area (Å²) in [6.07, 6.45) is 2.31. The van der Waals surface area contributed by atoms with Crippen LogP contribution in [0.1, 0.15) is 75.1 Å². The molecule has 14 N–H and O–H groups in total. The Morgan fingerprint density at radius 1 is 0.779 bits per heavy atom. The third-order valence-electron chi connectivity index (χ3n) is 14.0. The van der Waals surface area contributed by atoms with E-state index in [0.29, 0.717) is 34.0 Å². The number of nitrogens with one attached hydrogen (secondary N) is 9. The lowest BCUT2D eigenvalue weighted by Gasteiger charge is -2.29. The van der Waals surface area contributed by atoms with Crippen LogP contribution >= 0.6 is 0 Å². The van der Waals surface area contributed by atoms with Gasteiger partial charge in [-0.3, -0.25) is 43.8 Å². The largest absolute Gasteiger partial charge is 0.508 e. The number of aromatic nitrogens is 1. The molecule has 8 amide bonds. The summed E-state index contributed by atoms with van der Waals surface area (Å²) in [7, 11) is 0. The van der Waals surface area contributed by atoms with Gasteiger partial charge in [-0.1, -0.05) is 56.3 Å². The number of amides is 8. The summed E-state index contributed by atoms with van der Waals surface area (Å²) in [6.45, 7) is 3.24. The van der Waals surface area contributed by atoms with Gasteiger partial charge in [-0.2, -0.15) is 0 Å². The number of fused-ring (bicyclic) bond motifs is 5. The molecule has 24 nitrogen and oxygen atoms in total. The minimum atomic E-state index is -1.59. The van der Waals surface area contributed by atoms with Crippen LogP contribution in [0, 0.1) is 11.3 Å². The second kappa shape index (κ2) is 25.2. The van der Waals surface area contributed by atoms with E-state index in [9.17, 15) is 53.7 Å². The Labute approximate surface area is 443 Å². The molecule has 77 heavy (non-hydrogen) atoms. The highest BCUT2D eigenvalue weighted by atomic mass is 16.4. The summed E-state index contributed by atoms with van der Waals surface area (Å²) in [4.78, 5) is 127.